The first kappa shape index (κ1) is 20.3. The van der Waals surface area contributed by atoms with Gasteiger partial charge in [0.25, 0.3) is 5.91 Å². The van der Waals surface area contributed by atoms with Crippen LogP contribution >= 0.6 is 0 Å². The number of benzene rings is 1. The van der Waals surface area contributed by atoms with Crippen molar-refractivity contribution >= 4 is 11.9 Å². The number of halogens is 2. The van der Waals surface area contributed by atoms with Crippen LogP contribution in [0.2, 0.25) is 0 Å². The third-order valence-corrected chi connectivity index (χ3v) is 7.11. The average molecular weight is 406 g/mol. The molecule has 4 aliphatic carbocycles. The molecule has 4 fully saturated rings. The van der Waals surface area contributed by atoms with E-state index in [1.807, 2.05) is 6.92 Å². The number of nitrogens with two attached hydrogens (primary N) is 1. The maximum Gasteiger partial charge on any atom is 0.322 e. The first-order valence-electron chi connectivity index (χ1n) is 10.7. The number of nitrogens with one attached hydrogen (secondary N) is 2. The van der Waals surface area contributed by atoms with Crippen molar-refractivity contribution in [2.75, 3.05) is 0 Å². The molecule has 1 aromatic carbocycles. The van der Waals surface area contributed by atoms with Crippen LogP contribution in [0.15, 0.2) is 18.2 Å². The lowest BCUT2D eigenvalue weighted by molar-refractivity contribution is -0.710. The first-order valence-corrected chi connectivity index (χ1v) is 10.7. The summed E-state index contributed by atoms with van der Waals surface area (Å²) < 4.78 is 26.6. The highest BCUT2D eigenvalue weighted by Crippen LogP contribution is 2.55. The van der Waals surface area contributed by atoms with Gasteiger partial charge in [-0.2, -0.15) is 0 Å². The monoisotopic (exact) mass is 406 g/mol. The minimum absolute atomic E-state index is 0.148. The summed E-state index contributed by atoms with van der Waals surface area (Å²) in [6, 6.07) is 2.51. The maximum atomic E-state index is 13.4. The van der Waals surface area contributed by atoms with Crippen LogP contribution in [0.1, 0.15) is 64.0 Å². The zero-order valence-electron chi connectivity index (χ0n) is 17.0. The van der Waals surface area contributed by atoms with Crippen LogP contribution in [0, 0.1) is 29.4 Å². The van der Waals surface area contributed by atoms with Crippen molar-refractivity contribution in [1.82, 2.24) is 10.6 Å². The van der Waals surface area contributed by atoms with Gasteiger partial charge in [-0.1, -0.05) is 0 Å². The Labute approximate surface area is 170 Å². The molecule has 0 unspecified atom stereocenters. The van der Waals surface area contributed by atoms with E-state index in [-0.39, 0.29) is 17.5 Å². The lowest BCUT2D eigenvalue weighted by Crippen LogP contribution is -2.92. The van der Waals surface area contributed by atoms with E-state index in [2.05, 4.69) is 10.6 Å². The topological polar surface area (TPSA) is 74.8 Å². The summed E-state index contributed by atoms with van der Waals surface area (Å²) in [7, 11) is 0. The number of urea groups is 1. The highest BCUT2D eigenvalue weighted by molar-refractivity contribution is 5.96. The summed E-state index contributed by atoms with van der Waals surface area (Å²) >= 11 is 0. The molecule has 4 saturated carbocycles. The van der Waals surface area contributed by atoms with E-state index >= 15 is 0 Å². The summed E-state index contributed by atoms with van der Waals surface area (Å²) in [5, 5.41) is 7.35. The third kappa shape index (κ3) is 4.29. The zero-order valence-corrected chi connectivity index (χ0v) is 17.0. The Bertz CT molecular complexity index is 778. The van der Waals surface area contributed by atoms with E-state index in [4.69, 9.17) is 0 Å². The van der Waals surface area contributed by atoms with Crippen LogP contribution < -0.4 is 16.0 Å². The van der Waals surface area contributed by atoms with Gasteiger partial charge in [0.05, 0.1) is 0 Å². The van der Waals surface area contributed by atoms with Crippen LogP contribution in [-0.4, -0.2) is 23.5 Å². The lowest BCUT2D eigenvalue weighted by atomic mass is 9.53. The molecule has 29 heavy (non-hydrogen) atoms. The van der Waals surface area contributed by atoms with Crippen LogP contribution in [0.4, 0.5) is 13.6 Å². The van der Waals surface area contributed by atoms with Gasteiger partial charge in [-0.15, -0.1) is 0 Å². The fraction of sp³-hybridized carbons (Fsp3) is 0.636. The van der Waals surface area contributed by atoms with Crippen molar-refractivity contribution in [3.05, 3.63) is 35.4 Å². The standard InChI is InChI=1S/C22H29F2N3O2/c1-12(17-3-4-18(23)19(24)8-17)25-13(2)20(28)26-21(29)27-22-9-14-5-15(10-22)7-16(6-14)11-22/h3-4,8,12-16,25H,5-7,9-11H2,1-2H3,(H2,26,27,28,29)/p+1/t12-,13+,14?,15?,16?,22?/m1/s1. The molecule has 3 amide bonds. The van der Waals surface area contributed by atoms with Crippen molar-refractivity contribution in [1.29, 1.82) is 0 Å². The number of imide groups is 1. The van der Waals surface area contributed by atoms with Gasteiger partial charge in [0, 0.05) is 11.1 Å². The molecule has 0 spiro atoms. The van der Waals surface area contributed by atoms with Crippen LogP contribution in [0.5, 0.6) is 0 Å². The highest BCUT2D eigenvalue weighted by atomic mass is 19.2. The summed E-state index contributed by atoms with van der Waals surface area (Å²) in [4.78, 5) is 25.0. The molecular weight excluding hydrogens is 376 g/mol. The van der Waals surface area contributed by atoms with Crippen LogP contribution in [0.25, 0.3) is 0 Å². The van der Waals surface area contributed by atoms with Crippen molar-refractivity contribution < 1.29 is 23.7 Å². The molecule has 7 heteroatoms. The molecule has 158 valence electrons. The second kappa shape index (κ2) is 7.67. The SMILES string of the molecule is C[C@H]([NH2+][C@H](C)c1ccc(F)c(F)c1)C(=O)NC(=O)NC12CC3CC(CC(C3)C1)C2. The Hall–Kier alpha value is -2.02. The van der Waals surface area contributed by atoms with Gasteiger partial charge < -0.3 is 10.6 Å². The van der Waals surface area contributed by atoms with E-state index in [1.165, 1.54) is 25.3 Å². The number of rotatable bonds is 5. The fourth-order valence-corrected chi connectivity index (χ4v) is 6.19. The second-order valence-electron chi connectivity index (χ2n) is 9.58. The second-order valence-corrected chi connectivity index (χ2v) is 9.58. The molecule has 2 atom stereocenters. The Morgan fingerprint density at radius 3 is 2.17 bits per heavy atom. The Morgan fingerprint density at radius 1 is 1.03 bits per heavy atom. The molecule has 4 bridgehead atoms. The van der Waals surface area contributed by atoms with Crippen LogP contribution in [-0.2, 0) is 4.79 Å². The average Bonchev–Trinajstić information content (AvgIpc) is 2.62. The lowest BCUT2D eigenvalue weighted by Gasteiger charge is -2.56. The molecular formula is C22H30F2N3O2+. The molecule has 4 N–H and O–H groups in total. The summed E-state index contributed by atoms with van der Waals surface area (Å²) in [6.45, 7) is 3.51. The van der Waals surface area contributed by atoms with Crippen molar-refractivity contribution in [3.8, 4) is 0 Å². The zero-order chi connectivity index (χ0) is 20.8. The Morgan fingerprint density at radius 2 is 1.62 bits per heavy atom. The molecule has 4 aliphatic rings. The van der Waals surface area contributed by atoms with E-state index < -0.39 is 23.7 Å². The quantitative estimate of drug-likeness (QED) is 0.703. The summed E-state index contributed by atoms with van der Waals surface area (Å²) in [6.07, 6.45) is 6.93. The molecule has 0 heterocycles. The van der Waals surface area contributed by atoms with Gasteiger partial charge in [-0.05, 0) is 88.3 Å². The fourth-order valence-electron chi connectivity index (χ4n) is 6.19. The number of carbonyl (C=O) groups excluding carboxylic acids is 2. The molecule has 0 saturated heterocycles. The predicted octanol–water partition coefficient (Wildman–Crippen LogP) is 2.77. The third-order valence-electron chi connectivity index (χ3n) is 7.11. The molecule has 0 radical (unpaired) electrons. The van der Waals surface area contributed by atoms with Gasteiger partial charge in [-0.3, -0.25) is 10.1 Å². The van der Waals surface area contributed by atoms with Crippen molar-refractivity contribution in [2.24, 2.45) is 17.8 Å². The van der Waals surface area contributed by atoms with E-state index in [1.54, 1.807) is 12.2 Å². The molecule has 5 rings (SSSR count). The summed E-state index contributed by atoms with van der Waals surface area (Å²) in [5.74, 6) is -0.0612. The van der Waals surface area contributed by atoms with Crippen LogP contribution in [0.3, 0.4) is 0 Å². The number of amides is 3. The number of quaternary nitrogens is 1. The maximum absolute atomic E-state index is 13.4. The van der Waals surface area contributed by atoms with E-state index in [0.717, 1.165) is 31.4 Å². The Kier molecular flexibility index (Phi) is 5.36. The molecule has 1 aromatic rings. The van der Waals surface area contributed by atoms with Gasteiger partial charge in [0.1, 0.15) is 6.04 Å². The minimum atomic E-state index is -0.908. The predicted molar refractivity (Wildman–Crippen MR) is 104 cm³/mol. The smallest absolute Gasteiger partial charge is 0.322 e. The van der Waals surface area contributed by atoms with Crippen molar-refractivity contribution in [2.45, 2.75) is 70.0 Å². The van der Waals surface area contributed by atoms with Gasteiger partial charge in [0.2, 0.25) is 0 Å². The largest absolute Gasteiger partial charge is 0.332 e. The Balaban J connectivity index is 1.30. The number of hydrogen-bond donors (Lipinski definition) is 3. The van der Waals surface area contributed by atoms with Gasteiger partial charge in [0.15, 0.2) is 17.7 Å². The minimum Gasteiger partial charge on any atom is -0.332 e. The van der Waals surface area contributed by atoms with Gasteiger partial charge >= 0.3 is 6.03 Å². The first-order chi connectivity index (χ1) is 13.7. The van der Waals surface area contributed by atoms with E-state index in [0.29, 0.717) is 23.3 Å². The number of carbonyl (C=O) groups is 2. The molecule has 0 aromatic heterocycles. The normalized spacial score (nSPS) is 31.9. The molecule has 0 aliphatic heterocycles. The van der Waals surface area contributed by atoms with E-state index in [9.17, 15) is 18.4 Å². The highest BCUT2D eigenvalue weighted by Gasteiger charge is 2.51. The summed E-state index contributed by atoms with van der Waals surface area (Å²) in [5.41, 5.74) is 0.437. The molecule has 5 nitrogen and oxygen atoms in total. The number of hydrogen-bond acceptors (Lipinski definition) is 2. The van der Waals surface area contributed by atoms with Crippen molar-refractivity contribution in [3.63, 3.8) is 0 Å². The van der Waals surface area contributed by atoms with Gasteiger partial charge in [-0.25, -0.2) is 13.6 Å².